The number of hydrogen-bond acceptors (Lipinski definition) is 2. The monoisotopic (exact) mass is 290 g/mol. The van der Waals surface area contributed by atoms with Crippen molar-refractivity contribution in [3.63, 3.8) is 0 Å². The molecule has 1 radical (unpaired) electrons. The summed E-state index contributed by atoms with van der Waals surface area (Å²) in [5, 5.41) is 2.84. The summed E-state index contributed by atoms with van der Waals surface area (Å²) in [6, 6.07) is 10.6. The van der Waals surface area contributed by atoms with Crippen LogP contribution in [-0.2, 0) is 6.42 Å². The van der Waals surface area contributed by atoms with Crippen molar-refractivity contribution in [1.82, 2.24) is 4.98 Å². The number of aromatic nitrogens is 1. The Hall–Kier alpha value is -0.280. The van der Waals surface area contributed by atoms with Crippen molar-refractivity contribution < 1.29 is 0 Å². The van der Waals surface area contributed by atoms with Gasteiger partial charge in [0, 0.05) is 17.4 Å². The molecule has 5 heteroatoms. The molecule has 0 aliphatic carbocycles. The molecule has 1 heterocycles. The third-order valence-electron chi connectivity index (χ3n) is 1.90. The second-order valence-corrected chi connectivity index (χ2v) is 6.60. The second kappa shape index (κ2) is 4.92. The molecule has 2 aromatic rings. The molecule has 0 saturated carbocycles. The van der Waals surface area contributed by atoms with Gasteiger partial charge in [-0.15, -0.1) is 11.3 Å². The second-order valence-electron chi connectivity index (χ2n) is 3.22. The van der Waals surface area contributed by atoms with E-state index in [1.165, 1.54) is 0 Å². The molecule has 0 aliphatic heterocycles. The Kier molecular flexibility index (Phi) is 3.75. The van der Waals surface area contributed by atoms with Gasteiger partial charge in [0.15, 0.2) is 3.79 Å². The van der Waals surface area contributed by atoms with Crippen LogP contribution < -0.4 is 0 Å². The average Bonchev–Trinajstić information content (AvgIpc) is 2.65. The molecule has 1 nitrogen and oxygen atoms in total. The highest BCUT2D eigenvalue weighted by Gasteiger charge is 2.21. The SMILES string of the molecule is ClC(Cl)(Cl)Cc1csc(-c2cc[c]cc2)n1. The maximum atomic E-state index is 5.71. The van der Waals surface area contributed by atoms with Crippen molar-refractivity contribution in [2.45, 2.75) is 10.2 Å². The molecule has 1 aromatic heterocycles. The topological polar surface area (TPSA) is 12.9 Å². The predicted octanol–water partition coefficient (Wildman–Crippen LogP) is 4.52. The minimum atomic E-state index is -1.28. The molecule has 0 amide bonds. The Labute approximate surface area is 113 Å². The zero-order chi connectivity index (χ0) is 11.6. The highest BCUT2D eigenvalue weighted by molar-refractivity contribution is 7.13. The van der Waals surface area contributed by atoms with Crippen molar-refractivity contribution in [3.8, 4) is 10.6 Å². The van der Waals surface area contributed by atoms with E-state index in [0.29, 0.717) is 6.42 Å². The molecule has 16 heavy (non-hydrogen) atoms. The molecule has 0 N–H and O–H groups in total. The Balaban J connectivity index is 2.21. The fraction of sp³-hybridized carbons (Fsp3) is 0.182. The van der Waals surface area contributed by atoms with Crippen LogP contribution in [0.2, 0.25) is 0 Å². The summed E-state index contributed by atoms with van der Waals surface area (Å²) in [5.74, 6) is 0. The van der Waals surface area contributed by atoms with E-state index < -0.39 is 3.79 Å². The summed E-state index contributed by atoms with van der Waals surface area (Å²) >= 11 is 18.7. The van der Waals surface area contributed by atoms with Gasteiger partial charge < -0.3 is 0 Å². The summed E-state index contributed by atoms with van der Waals surface area (Å²) in [7, 11) is 0. The van der Waals surface area contributed by atoms with Gasteiger partial charge in [-0.05, 0) is 6.07 Å². The van der Waals surface area contributed by atoms with Gasteiger partial charge in [0.25, 0.3) is 0 Å². The summed E-state index contributed by atoms with van der Waals surface area (Å²) in [5.41, 5.74) is 1.85. The van der Waals surface area contributed by atoms with Crippen molar-refractivity contribution in [3.05, 3.63) is 41.4 Å². The first-order valence-electron chi connectivity index (χ1n) is 4.52. The highest BCUT2D eigenvalue weighted by atomic mass is 35.6. The van der Waals surface area contributed by atoms with Crippen molar-refractivity contribution in [2.24, 2.45) is 0 Å². The molecule has 0 fully saturated rings. The lowest BCUT2D eigenvalue weighted by atomic mass is 10.2. The standard InChI is InChI=1S/C11H7Cl3NS/c12-11(13,14)6-9-7-16-10(15-9)8-4-2-1-3-5-8/h2-5,7H,6H2. The van der Waals surface area contributed by atoms with Gasteiger partial charge in [0.05, 0.1) is 5.69 Å². The summed E-state index contributed by atoms with van der Waals surface area (Å²) in [6.07, 6.45) is 0.327. The van der Waals surface area contributed by atoms with Crippen LogP contribution in [0.5, 0.6) is 0 Å². The number of nitrogens with zero attached hydrogens (tertiary/aromatic N) is 1. The maximum absolute atomic E-state index is 5.71. The Morgan fingerprint density at radius 2 is 1.94 bits per heavy atom. The van der Waals surface area contributed by atoms with E-state index in [2.05, 4.69) is 11.1 Å². The highest BCUT2D eigenvalue weighted by Crippen LogP contribution is 2.32. The summed E-state index contributed by atoms with van der Waals surface area (Å²) in [4.78, 5) is 4.42. The van der Waals surface area contributed by atoms with E-state index in [4.69, 9.17) is 34.8 Å². The quantitative estimate of drug-likeness (QED) is 0.741. The molecule has 1 aromatic carbocycles. The molecule has 0 bridgehead atoms. The van der Waals surface area contributed by atoms with Crippen LogP contribution in [0.3, 0.4) is 0 Å². The van der Waals surface area contributed by atoms with Gasteiger partial charge >= 0.3 is 0 Å². The molecular weight excluding hydrogens is 285 g/mol. The smallest absolute Gasteiger partial charge is 0.196 e. The van der Waals surface area contributed by atoms with E-state index in [1.807, 2.05) is 29.6 Å². The number of hydrogen-bond donors (Lipinski definition) is 0. The lowest BCUT2D eigenvalue weighted by Gasteiger charge is -2.06. The Morgan fingerprint density at radius 3 is 2.56 bits per heavy atom. The predicted molar refractivity (Wildman–Crippen MR) is 70.4 cm³/mol. The first kappa shape index (κ1) is 12.2. The molecular formula is C11H7Cl3NS. The lowest BCUT2D eigenvalue weighted by Crippen LogP contribution is -2.06. The maximum Gasteiger partial charge on any atom is 0.196 e. The first-order chi connectivity index (χ1) is 7.54. The Bertz CT molecular complexity index is 462. The van der Waals surface area contributed by atoms with Crippen LogP contribution in [0, 0.1) is 6.07 Å². The minimum absolute atomic E-state index is 0.327. The van der Waals surface area contributed by atoms with Gasteiger partial charge in [-0.25, -0.2) is 4.98 Å². The molecule has 83 valence electrons. The molecule has 2 rings (SSSR count). The van der Waals surface area contributed by atoms with E-state index in [9.17, 15) is 0 Å². The normalized spacial score (nSPS) is 11.7. The molecule has 0 unspecified atom stereocenters. The van der Waals surface area contributed by atoms with Crippen molar-refractivity contribution >= 4 is 46.1 Å². The fourth-order valence-corrected chi connectivity index (χ4v) is 2.49. The van der Waals surface area contributed by atoms with E-state index >= 15 is 0 Å². The largest absolute Gasteiger partial charge is 0.241 e. The number of benzene rings is 1. The molecule has 0 aliphatic rings. The van der Waals surface area contributed by atoms with Crippen LogP contribution in [0.25, 0.3) is 10.6 Å². The number of alkyl halides is 3. The van der Waals surface area contributed by atoms with E-state index in [1.54, 1.807) is 11.3 Å². The zero-order valence-corrected chi connectivity index (χ0v) is 11.2. The van der Waals surface area contributed by atoms with Gasteiger partial charge in [0.2, 0.25) is 0 Å². The van der Waals surface area contributed by atoms with Crippen molar-refractivity contribution in [2.75, 3.05) is 0 Å². The minimum Gasteiger partial charge on any atom is -0.241 e. The van der Waals surface area contributed by atoms with Crippen LogP contribution >= 0.6 is 46.1 Å². The lowest BCUT2D eigenvalue weighted by molar-refractivity contribution is 0.974. The van der Waals surface area contributed by atoms with Gasteiger partial charge in [-0.2, -0.15) is 0 Å². The molecule has 0 saturated heterocycles. The van der Waals surface area contributed by atoms with Crippen molar-refractivity contribution in [1.29, 1.82) is 0 Å². The Morgan fingerprint density at radius 1 is 1.25 bits per heavy atom. The van der Waals surface area contributed by atoms with E-state index in [0.717, 1.165) is 16.3 Å². The molecule has 0 atom stereocenters. The fourth-order valence-electron chi connectivity index (χ4n) is 1.26. The molecule has 0 spiro atoms. The first-order valence-corrected chi connectivity index (χ1v) is 6.53. The van der Waals surface area contributed by atoms with E-state index in [-0.39, 0.29) is 0 Å². The van der Waals surface area contributed by atoms with Crippen LogP contribution in [0.1, 0.15) is 5.69 Å². The zero-order valence-electron chi connectivity index (χ0n) is 8.08. The third-order valence-corrected chi connectivity index (χ3v) is 3.24. The number of rotatable bonds is 2. The van der Waals surface area contributed by atoms with Gasteiger partial charge in [-0.3, -0.25) is 0 Å². The van der Waals surface area contributed by atoms with Gasteiger partial charge in [0.1, 0.15) is 5.01 Å². The summed E-state index contributed by atoms with van der Waals surface area (Å²) < 4.78 is -1.28. The number of thiazole rings is 1. The van der Waals surface area contributed by atoms with Crippen LogP contribution in [0.4, 0.5) is 0 Å². The van der Waals surface area contributed by atoms with Gasteiger partial charge in [-0.1, -0.05) is 59.1 Å². The van der Waals surface area contributed by atoms with Crippen LogP contribution in [0.15, 0.2) is 29.6 Å². The average molecular weight is 292 g/mol. The summed E-state index contributed by atoms with van der Waals surface area (Å²) in [6.45, 7) is 0. The van der Waals surface area contributed by atoms with Crippen LogP contribution in [-0.4, -0.2) is 8.78 Å². The third kappa shape index (κ3) is 3.36. The number of halogens is 3.